The summed E-state index contributed by atoms with van der Waals surface area (Å²) in [6, 6.07) is 17.4. The average molecular weight is 351 g/mol. The van der Waals surface area contributed by atoms with Crippen LogP contribution >= 0.6 is 11.3 Å². The lowest BCUT2D eigenvalue weighted by atomic mass is 10.2. The molecule has 3 rings (SSSR count). The molecular formula is C20H17NO3S. The molecule has 1 heterocycles. The minimum atomic E-state index is -0.405. The van der Waals surface area contributed by atoms with Gasteiger partial charge >= 0.3 is 5.97 Å². The van der Waals surface area contributed by atoms with E-state index in [-0.39, 0.29) is 6.61 Å². The molecule has 0 fully saturated rings. The summed E-state index contributed by atoms with van der Waals surface area (Å²) >= 11 is 1.53. The fourth-order valence-corrected chi connectivity index (χ4v) is 3.00. The van der Waals surface area contributed by atoms with Gasteiger partial charge in [-0.15, -0.1) is 11.3 Å². The third kappa shape index (κ3) is 4.78. The monoisotopic (exact) mass is 351 g/mol. The van der Waals surface area contributed by atoms with E-state index in [2.05, 4.69) is 4.98 Å². The van der Waals surface area contributed by atoms with Crippen LogP contribution in [0.5, 0.6) is 5.75 Å². The second kappa shape index (κ2) is 8.26. The Morgan fingerprint density at radius 1 is 1.16 bits per heavy atom. The van der Waals surface area contributed by atoms with Crippen molar-refractivity contribution >= 4 is 23.4 Å². The molecule has 4 nitrogen and oxygen atoms in total. The highest BCUT2D eigenvalue weighted by molar-refractivity contribution is 7.13. The number of hydrogen-bond donors (Lipinski definition) is 0. The number of hydrogen-bond acceptors (Lipinski definition) is 5. The largest absolute Gasteiger partial charge is 0.497 e. The van der Waals surface area contributed by atoms with Gasteiger partial charge in [-0.25, -0.2) is 9.78 Å². The van der Waals surface area contributed by atoms with Gasteiger partial charge in [0, 0.05) is 17.0 Å². The van der Waals surface area contributed by atoms with Gasteiger partial charge in [0.15, 0.2) is 0 Å². The van der Waals surface area contributed by atoms with Crippen LogP contribution in [-0.4, -0.2) is 18.1 Å². The van der Waals surface area contributed by atoms with E-state index in [9.17, 15) is 4.79 Å². The second-order valence-electron chi connectivity index (χ2n) is 5.23. The molecule has 0 aliphatic heterocycles. The maximum Gasteiger partial charge on any atom is 0.331 e. The summed E-state index contributed by atoms with van der Waals surface area (Å²) in [4.78, 5) is 16.4. The van der Waals surface area contributed by atoms with E-state index in [0.29, 0.717) is 0 Å². The van der Waals surface area contributed by atoms with Crippen LogP contribution in [-0.2, 0) is 16.1 Å². The summed E-state index contributed by atoms with van der Waals surface area (Å²) < 4.78 is 10.4. The number of rotatable bonds is 6. The fourth-order valence-electron chi connectivity index (χ4n) is 2.19. The summed E-state index contributed by atoms with van der Waals surface area (Å²) in [6.07, 6.45) is 3.10. The molecule has 1 aromatic heterocycles. The van der Waals surface area contributed by atoms with Gasteiger partial charge in [-0.3, -0.25) is 0 Å². The predicted octanol–water partition coefficient (Wildman–Crippen LogP) is 4.58. The predicted molar refractivity (Wildman–Crippen MR) is 99.4 cm³/mol. The molecule has 0 unspecified atom stereocenters. The molecule has 5 heteroatoms. The van der Waals surface area contributed by atoms with Crippen molar-refractivity contribution < 1.29 is 14.3 Å². The topological polar surface area (TPSA) is 48.4 Å². The van der Waals surface area contributed by atoms with Crippen LogP contribution in [0.1, 0.15) is 11.3 Å². The van der Waals surface area contributed by atoms with Gasteiger partial charge in [0.25, 0.3) is 0 Å². The zero-order valence-electron chi connectivity index (χ0n) is 13.7. The summed E-state index contributed by atoms with van der Waals surface area (Å²) in [6.45, 7) is 0.157. The highest BCUT2D eigenvalue weighted by Crippen LogP contribution is 2.23. The maximum absolute atomic E-state index is 11.9. The highest BCUT2D eigenvalue weighted by Gasteiger charge is 2.06. The molecule has 0 radical (unpaired) electrons. The number of aromatic nitrogens is 1. The molecule has 0 N–H and O–H groups in total. The van der Waals surface area contributed by atoms with Crippen LogP contribution < -0.4 is 4.74 Å². The Labute approximate surface area is 150 Å². The van der Waals surface area contributed by atoms with Gasteiger partial charge in [-0.1, -0.05) is 42.5 Å². The van der Waals surface area contributed by atoms with E-state index >= 15 is 0 Å². The summed E-state index contributed by atoms with van der Waals surface area (Å²) in [5, 5.41) is 2.82. The number of carbonyl (C=O) groups is 1. The third-order valence-electron chi connectivity index (χ3n) is 3.44. The zero-order chi connectivity index (χ0) is 17.5. The van der Waals surface area contributed by atoms with Crippen LogP contribution in [0.25, 0.3) is 16.6 Å². The molecule has 0 aliphatic carbocycles. The minimum Gasteiger partial charge on any atom is -0.497 e. The van der Waals surface area contributed by atoms with E-state index in [1.54, 1.807) is 13.2 Å². The van der Waals surface area contributed by atoms with Crippen molar-refractivity contribution in [2.45, 2.75) is 6.61 Å². The first-order valence-electron chi connectivity index (χ1n) is 7.73. The Hall–Kier alpha value is -2.92. The summed E-state index contributed by atoms with van der Waals surface area (Å²) in [7, 11) is 1.61. The molecule has 0 saturated carbocycles. The molecular weight excluding hydrogens is 334 g/mol. The molecule has 0 amide bonds. The number of nitrogens with zero attached hydrogens (tertiary/aromatic N) is 1. The Morgan fingerprint density at radius 2 is 2.00 bits per heavy atom. The van der Waals surface area contributed by atoms with Crippen molar-refractivity contribution in [3.63, 3.8) is 0 Å². The maximum atomic E-state index is 11.9. The van der Waals surface area contributed by atoms with Crippen LogP contribution in [0, 0.1) is 0 Å². The normalized spacial score (nSPS) is 10.8. The quantitative estimate of drug-likeness (QED) is 0.482. The van der Waals surface area contributed by atoms with Crippen molar-refractivity contribution in [2.75, 3.05) is 7.11 Å². The molecule has 0 spiro atoms. The van der Waals surface area contributed by atoms with Crippen LogP contribution in [0.2, 0.25) is 0 Å². The number of thiazole rings is 1. The van der Waals surface area contributed by atoms with E-state index < -0.39 is 5.97 Å². The number of methoxy groups -OCH3 is 1. The lowest BCUT2D eigenvalue weighted by Crippen LogP contribution is -2.00. The van der Waals surface area contributed by atoms with Crippen molar-refractivity contribution in [1.29, 1.82) is 0 Å². The second-order valence-corrected chi connectivity index (χ2v) is 6.09. The highest BCUT2D eigenvalue weighted by atomic mass is 32.1. The van der Waals surface area contributed by atoms with Gasteiger partial charge in [0.05, 0.1) is 12.8 Å². The molecule has 0 bridgehead atoms. The van der Waals surface area contributed by atoms with Gasteiger partial charge < -0.3 is 9.47 Å². The first-order chi connectivity index (χ1) is 12.2. The smallest absolute Gasteiger partial charge is 0.331 e. The standard InChI is InChI=1S/C20H17NO3S/c1-23-18-9-5-6-15(12-18)10-11-19(22)24-13-17-14-25-20(21-17)16-7-3-2-4-8-16/h2-12,14H,13H2,1H3/b11-10+. The average Bonchev–Trinajstić information content (AvgIpc) is 3.15. The molecule has 0 atom stereocenters. The number of carbonyl (C=O) groups excluding carboxylic acids is 1. The first-order valence-corrected chi connectivity index (χ1v) is 8.61. The third-order valence-corrected chi connectivity index (χ3v) is 4.38. The van der Waals surface area contributed by atoms with Crippen molar-refractivity contribution in [3.05, 3.63) is 77.3 Å². The number of ether oxygens (including phenoxy) is 2. The number of benzene rings is 2. The van der Waals surface area contributed by atoms with Gasteiger partial charge in [0.1, 0.15) is 17.4 Å². The lowest BCUT2D eigenvalue weighted by molar-refractivity contribution is -0.139. The van der Waals surface area contributed by atoms with Gasteiger partial charge in [-0.2, -0.15) is 0 Å². The zero-order valence-corrected chi connectivity index (χ0v) is 14.5. The van der Waals surface area contributed by atoms with E-state index in [1.165, 1.54) is 17.4 Å². The van der Waals surface area contributed by atoms with Gasteiger partial charge in [-0.05, 0) is 23.8 Å². The molecule has 0 saturated heterocycles. The Balaban J connectivity index is 1.55. The fraction of sp³-hybridized carbons (Fsp3) is 0.100. The SMILES string of the molecule is COc1cccc(/C=C/C(=O)OCc2csc(-c3ccccc3)n2)c1. The first kappa shape index (κ1) is 16.9. The van der Waals surface area contributed by atoms with Crippen LogP contribution in [0.15, 0.2) is 66.1 Å². The van der Waals surface area contributed by atoms with Crippen molar-refractivity contribution in [1.82, 2.24) is 4.98 Å². The summed E-state index contributed by atoms with van der Waals surface area (Å²) in [5.74, 6) is 0.337. The molecule has 25 heavy (non-hydrogen) atoms. The van der Waals surface area contributed by atoms with Gasteiger partial charge in [0.2, 0.25) is 0 Å². The van der Waals surface area contributed by atoms with Crippen molar-refractivity contribution in [3.8, 4) is 16.3 Å². The lowest BCUT2D eigenvalue weighted by Gasteiger charge is -2.01. The Kier molecular flexibility index (Phi) is 5.59. The number of esters is 1. The minimum absolute atomic E-state index is 0.157. The Morgan fingerprint density at radius 3 is 2.80 bits per heavy atom. The van der Waals surface area contributed by atoms with E-state index in [4.69, 9.17) is 9.47 Å². The molecule has 2 aromatic carbocycles. The molecule has 3 aromatic rings. The Bertz CT molecular complexity index is 871. The van der Waals surface area contributed by atoms with Crippen LogP contribution in [0.4, 0.5) is 0 Å². The van der Waals surface area contributed by atoms with E-state index in [0.717, 1.165) is 27.6 Å². The molecule has 0 aliphatic rings. The van der Waals surface area contributed by atoms with E-state index in [1.807, 2.05) is 60.0 Å². The summed E-state index contributed by atoms with van der Waals surface area (Å²) in [5.41, 5.74) is 2.67. The van der Waals surface area contributed by atoms with Crippen LogP contribution in [0.3, 0.4) is 0 Å². The molecule has 126 valence electrons. The van der Waals surface area contributed by atoms with Crippen molar-refractivity contribution in [2.24, 2.45) is 0 Å².